The molecular weight excluding hydrogens is 360 g/mol. The normalized spacial score (nSPS) is 12.2. The van der Waals surface area contributed by atoms with E-state index in [1.54, 1.807) is 25.2 Å². The summed E-state index contributed by atoms with van der Waals surface area (Å²) >= 11 is 0. The maximum Gasteiger partial charge on any atom is 0.338 e. The highest BCUT2D eigenvalue weighted by Gasteiger charge is 2.18. The number of ether oxygens (including phenoxy) is 3. The number of rotatable bonds is 6. The van der Waals surface area contributed by atoms with Crippen molar-refractivity contribution in [1.82, 2.24) is 4.90 Å². The molecule has 0 aromatic heterocycles. The van der Waals surface area contributed by atoms with Crippen molar-refractivity contribution in [3.63, 3.8) is 0 Å². The van der Waals surface area contributed by atoms with E-state index in [0.717, 1.165) is 11.3 Å². The third-order valence-electron chi connectivity index (χ3n) is 4.40. The average Bonchev–Trinajstić information content (AvgIpc) is 2.71. The number of amides is 1. The van der Waals surface area contributed by atoms with E-state index in [2.05, 4.69) is 0 Å². The summed E-state index contributed by atoms with van der Waals surface area (Å²) in [6.45, 7) is 1.04. The van der Waals surface area contributed by atoms with E-state index in [1.807, 2.05) is 43.3 Å². The molecule has 0 bridgehead atoms. The largest absolute Gasteiger partial charge is 0.486 e. The second-order valence-electron chi connectivity index (χ2n) is 6.75. The Morgan fingerprint density at radius 2 is 1.64 bits per heavy atom. The summed E-state index contributed by atoms with van der Waals surface area (Å²) in [6, 6.07) is 12.8. The van der Waals surface area contributed by atoms with Gasteiger partial charge in [0, 0.05) is 33.4 Å². The zero-order valence-corrected chi connectivity index (χ0v) is 16.3. The van der Waals surface area contributed by atoms with Crippen LogP contribution in [0, 0.1) is 0 Å². The maximum atomic E-state index is 12.3. The molecule has 1 amide bonds. The highest BCUT2D eigenvalue weighted by Crippen LogP contribution is 2.30. The zero-order valence-electron chi connectivity index (χ0n) is 16.3. The number of carbonyl (C=O) groups is 2. The lowest BCUT2D eigenvalue weighted by molar-refractivity contribution is -0.133. The topological polar surface area (TPSA) is 68.3 Å². The molecule has 28 heavy (non-hydrogen) atoms. The fourth-order valence-electron chi connectivity index (χ4n) is 2.75. The van der Waals surface area contributed by atoms with Crippen LogP contribution in [-0.4, -0.2) is 57.7 Å². The molecule has 7 nitrogen and oxygen atoms in total. The molecule has 0 radical (unpaired) electrons. The first kappa shape index (κ1) is 19.5. The summed E-state index contributed by atoms with van der Waals surface area (Å²) in [7, 11) is 5.63. The molecule has 0 spiro atoms. The molecule has 0 saturated heterocycles. The molecule has 3 rings (SSSR count). The number of likely N-dealkylation sites (N-methyl/N-ethyl adjacent to an activating group) is 1. The first-order valence-electron chi connectivity index (χ1n) is 9.01. The Morgan fingerprint density at radius 3 is 2.32 bits per heavy atom. The van der Waals surface area contributed by atoms with Crippen molar-refractivity contribution >= 4 is 17.6 Å². The Hall–Kier alpha value is -3.22. The van der Waals surface area contributed by atoms with Gasteiger partial charge in [-0.1, -0.05) is 12.1 Å². The van der Waals surface area contributed by atoms with Crippen molar-refractivity contribution in [3.05, 3.63) is 53.6 Å². The van der Waals surface area contributed by atoms with Crippen LogP contribution in [0.15, 0.2) is 42.5 Å². The van der Waals surface area contributed by atoms with E-state index in [1.165, 1.54) is 4.90 Å². The van der Waals surface area contributed by atoms with E-state index in [-0.39, 0.29) is 12.5 Å². The lowest BCUT2D eigenvalue weighted by Crippen LogP contribution is -2.30. The van der Waals surface area contributed by atoms with Gasteiger partial charge >= 0.3 is 5.97 Å². The van der Waals surface area contributed by atoms with Crippen molar-refractivity contribution in [1.29, 1.82) is 0 Å². The van der Waals surface area contributed by atoms with Gasteiger partial charge in [0.25, 0.3) is 5.91 Å². The molecule has 1 aliphatic rings. The van der Waals surface area contributed by atoms with Gasteiger partial charge in [0.1, 0.15) is 13.2 Å². The molecule has 1 heterocycles. The van der Waals surface area contributed by atoms with E-state index in [0.29, 0.717) is 36.8 Å². The van der Waals surface area contributed by atoms with Crippen molar-refractivity contribution in [3.8, 4) is 11.5 Å². The smallest absolute Gasteiger partial charge is 0.338 e. The Morgan fingerprint density at radius 1 is 0.964 bits per heavy atom. The first-order chi connectivity index (χ1) is 13.4. The molecule has 148 valence electrons. The molecule has 2 aromatic rings. The van der Waals surface area contributed by atoms with E-state index in [9.17, 15) is 9.59 Å². The Kier molecular flexibility index (Phi) is 6.03. The number of nitrogens with zero attached hydrogens (tertiary/aromatic N) is 2. The molecule has 0 unspecified atom stereocenters. The number of carbonyl (C=O) groups excluding carboxylic acids is 2. The molecular formula is C21H24N2O5. The van der Waals surface area contributed by atoms with Crippen LogP contribution in [0.2, 0.25) is 0 Å². The summed E-state index contributed by atoms with van der Waals surface area (Å²) in [5.41, 5.74) is 2.41. The Balaban J connectivity index is 1.52. The van der Waals surface area contributed by atoms with Gasteiger partial charge in [-0.25, -0.2) is 4.79 Å². The van der Waals surface area contributed by atoms with E-state index >= 15 is 0 Å². The minimum Gasteiger partial charge on any atom is -0.486 e. The molecule has 1 aliphatic heterocycles. The van der Waals surface area contributed by atoms with Gasteiger partial charge in [-0.3, -0.25) is 4.79 Å². The van der Waals surface area contributed by atoms with Gasteiger partial charge in [0.05, 0.1) is 5.56 Å². The van der Waals surface area contributed by atoms with Crippen LogP contribution in [0.4, 0.5) is 5.69 Å². The predicted molar refractivity (Wildman–Crippen MR) is 105 cm³/mol. The van der Waals surface area contributed by atoms with Crippen LogP contribution < -0.4 is 14.4 Å². The lowest BCUT2D eigenvalue weighted by Gasteiger charge is -2.19. The second kappa shape index (κ2) is 8.65. The highest BCUT2D eigenvalue weighted by molar-refractivity contribution is 5.92. The Labute approximate surface area is 164 Å². The quantitative estimate of drug-likeness (QED) is 0.712. The summed E-state index contributed by atoms with van der Waals surface area (Å²) in [5, 5.41) is 0. The lowest BCUT2D eigenvalue weighted by atomic mass is 10.2. The summed E-state index contributed by atoms with van der Waals surface area (Å²) in [5.74, 6) is 0.251. The van der Waals surface area contributed by atoms with Crippen LogP contribution in [0.5, 0.6) is 11.5 Å². The number of hydrogen-bond acceptors (Lipinski definition) is 6. The molecule has 0 atom stereocenters. The van der Waals surface area contributed by atoms with Crippen LogP contribution in [0.25, 0.3) is 0 Å². The number of benzene rings is 2. The standard InChI is InChI=1S/C21H24N2O5/c1-22(2)17-7-4-15(5-8-17)13-23(3)20(24)14-28-21(25)16-6-9-18-19(12-16)27-11-10-26-18/h4-9,12H,10-11,13-14H2,1-3H3. The fraction of sp³-hybridized carbons (Fsp3) is 0.333. The van der Waals surface area contributed by atoms with Gasteiger partial charge in [0.15, 0.2) is 18.1 Å². The number of anilines is 1. The van der Waals surface area contributed by atoms with Crippen molar-refractivity contribution in [2.75, 3.05) is 45.9 Å². The molecule has 0 fully saturated rings. The molecule has 0 N–H and O–H groups in total. The number of fused-ring (bicyclic) bond motifs is 1. The SMILES string of the molecule is CN(Cc1ccc(N(C)C)cc1)C(=O)COC(=O)c1ccc2c(c1)OCCO2. The van der Waals surface area contributed by atoms with Crippen LogP contribution >= 0.6 is 0 Å². The average molecular weight is 384 g/mol. The number of hydrogen-bond donors (Lipinski definition) is 0. The van der Waals surface area contributed by atoms with Crippen molar-refractivity contribution in [2.45, 2.75) is 6.54 Å². The minimum atomic E-state index is -0.575. The van der Waals surface area contributed by atoms with Gasteiger partial charge in [-0.15, -0.1) is 0 Å². The zero-order chi connectivity index (χ0) is 20.1. The third-order valence-corrected chi connectivity index (χ3v) is 4.40. The monoisotopic (exact) mass is 384 g/mol. The predicted octanol–water partition coefficient (Wildman–Crippen LogP) is 2.34. The molecule has 2 aromatic carbocycles. The summed E-state index contributed by atoms with van der Waals surface area (Å²) < 4.78 is 16.0. The minimum absolute atomic E-state index is 0.275. The van der Waals surface area contributed by atoms with Gasteiger partial charge in [-0.2, -0.15) is 0 Å². The summed E-state index contributed by atoms with van der Waals surface area (Å²) in [6.07, 6.45) is 0. The maximum absolute atomic E-state index is 12.3. The third kappa shape index (κ3) is 4.73. The highest BCUT2D eigenvalue weighted by atomic mass is 16.6. The Bertz CT molecular complexity index is 848. The van der Waals surface area contributed by atoms with Gasteiger partial charge in [-0.05, 0) is 35.9 Å². The molecule has 7 heteroatoms. The van der Waals surface area contributed by atoms with Crippen molar-refractivity contribution in [2.24, 2.45) is 0 Å². The first-order valence-corrected chi connectivity index (χ1v) is 9.01. The van der Waals surface area contributed by atoms with Gasteiger partial charge in [0.2, 0.25) is 0 Å². The van der Waals surface area contributed by atoms with Crippen LogP contribution in [-0.2, 0) is 16.1 Å². The van der Waals surface area contributed by atoms with E-state index in [4.69, 9.17) is 14.2 Å². The molecule has 0 aliphatic carbocycles. The van der Waals surface area contributed by atoms with Gasteiger partial charge < -0.3 is 24.0 Å². The van der Waals surface area contributed by atoms with E-state index < -0.39 is 5.97 Å². The van der Waals surface area contributed by atoms with Crippen LogP contribution in [0.1, 0.15) is 15.9 Å². The second-order valence-corrected chi connectivity index (χ2v) is 6.75. The molecule has 0 saturated carbocycles. The summed E-state index contributed by atoms with van der Waals surface area (Å²) in [4.78, 5) is 28.0. The number of esters is 1. The van der Waals surface area contributed by atoms with Crippen molar-refractivity contribution < 1.29 is 23.8 Å². The van der Waals surface area contributed by atoms with Crippen LogP contribution in [0.3, 0.4) is 0 Å². The fourth-order valence-corrected chi connectivity index (χ4v) is 2.75.